The van der Waals surface area contributed by atoms with Gasteiger partial charge in [-0.3, -0.25) is 4.79 Å². The van der Waals surface area contributed by atoms with Gasteiger partial charge in [0.2, 0.25) is 15.9 Å². The molecular weight excluding hydrogens is 371 g/mol. The number of amides is 1. The fourth-order valence-corrected chi connectivity index (χ4v) is 3.70. The molecule has 2 rings (SSSR count). The van der Waals surface area contributed by atoms with Gasteiger partial charge < -0.3 is 10.1 Å². The molecule has 0 aliphatic rings. The van der Waals surface area contributed by atoms with Gasteiger partial charge in [0.15, 0.2) is 0 Å². The van der Waals surface area contributed by atoms with Crippen molar-refractivity contribution in [1.29, 1.82) is 0 Å². The summed E-state index contributed by atoms with van der Waals surface area (Å²) in [6, 6.07) is 10.3. The van der Waals surface area contributed by atoms with Gasteiger partial charge in [-0.1, -0.05) is 17.7 Å². The molecular formula is C19H23FN2O4S. The molecule has 8 heteroatoms. The van der Waals surface area contributed by atoms with E-state index in [1.807, 2.05) is 25.1 Å². The Morgan fingerprint density at radius 2 is 1.85 bits per heavy atom. The van der Waals surface area contributed by atoms with Gasteiger partial charge in [0, 0.05) is 13.6 Å². The molecule has 0 atom stereocenters. The summed E-state index contributed by atoms with van der Waals surface area (Å²) in [6.45, 7) is 1.99. The van der Waals surface area contributed by atoms with Crippen LogP contribution in [0.5, 0.6) is 5.75 Å². The van der Waals surface area contributed by atoms with Crippen LogP contribution in [-0.2, 0) is 21.2 Å². The van der Waals surface area contributed by atoms with Crippen molar-refractivity contribution in [1.82, 2.24) is 9.62 Å². The van der Waals surface area contributed by atoms with Crippen molar-refractivity contribution in [3.05, 3.63) is 59.4 Å². The number of ether oxygens (including phenoxy) is 1. The van der Waals surface area contributed by atoms with Crippen LogP contribution < -0.4 is 10.1 Å². The van der Waals surface area contributed by atoms with Crippen molar-refractivity contribution in [2.24, 2.45) is 0 Å². The van der Waals surface area contributed by atoms with E-state index in [-0.39, 0.29) is 11.4 Å². The fourth-order valence-electron chi connectivity index (χ4n) is 2.57. The average Bonchev–Trinajstić information content (AvgIpc) is 2.62. The number of nitrogens with zero attached hydrogens (tertiary/aromatic N) is 1. The largest absolute Gasteiger partial charge is 0.496 e. The minimum absolute atomic E-state index is 0.0660. The Morgan fingerprint density at radius 3 is 2.48 bits per heavy atom. The minimum atomic E-state index is -3.86. The smallest absolute Gasteiger partial charge is 0.243 e. The van der Waals surface area contributed by atoms with E-state index in [4.69, 9.17) is 4.74 Å². The molecule has 0 unspecified atom stereocenters. The zero-order valence-corrected chi connectivity index (χ0v) is 16.3. The highest BCUT2D eigenvalue weighted by molar-refractivity contribution is 7.89. The number of likely N-dealkylation sites (N-methyl/N-ethyl adjacent to an activating group) is 1. The Labute approximate surface area is 159 Å². The number of benzene rings is 2. The van der Waals surface area contributed by atoms with E-state index in [0.717, 1.165) is 33.3 Å². The van der Waals surface area contributed by atoms with Gasteiger partial charge in [-0.15, -0.1) is 0 Å². The Balaban J connectivity index is 1.92. The molecule has 0 spiro atoms. The predicted octanol–water partition coefficient (Wildman–Crippen LogP) is 2.12. The molecule has 0 saturated heterocycles. The fraction of sp³-hybridized carbons (Fsp3) is 0.316. The first-order valence-corrected chi connectivity index (χ1v) is 9.80. The molecule has 0 aliphatic carbocycles. The lowest BCUT2D eigenvalue weighted by Crippen LogP contribution is -2.39. The summed E-state index contributed by atoms with van der Waals surface area (Å²) >= 11 is 0. The maximum Gasteiger partial charge on any atom is 0.243 e. The van der Waals surface area contributed by atoms with Gasteiger partial charge in [-0.25, -0.2) is 12.8 Å². The second-order valence-electron chi connectivity index (χ2n) is 6.13. The Morgan fingerprint density at radius 1 is 1.19 bits per heavy atom. The maximum absolute atomic E-state index is 13.0. The summed E-state index contributed by atoms with van der Waals surface area (Å²) in [5.74, 6) is -0.207. The molecule has 1 N–H and O–H groups in total. The summed E-state index contributed by atoms with van der Waals surface area (Å²) in [6.07, 6.45) is 0.561. The van der Waals surface area contributed by atoms with Crippen molar-refractivity contribution in [3.8, 4) is 5.75 Å². The van der Waals surface area contributed by atoms with Crippen LogP contribution in [0.1, 0.15) is 11.1 Å². The number of carbonyl (C=O) groups is 1. The maximum atomic E-state index is 13.0. The molecule has 2 aromatic carbocycles. The summed E-state index contributed by atoms with van der Waals surface area (Å²) in [7, 11) is -0.966. The number of rotatable bonds is 8. The van der Waals surface area contributed by atoms with E-state index >= 15 is 0 Å². The summed E-state index contributed by atoms with van der Waals surface area (Å²) in [4.78, 5) is 12.0. The van der Waals surface area contributed by atoms with Crippen molar-refractivity contribution in [2.75, 3.05) is 27.2 Å². The van der Waals surface area contributed by atoms with Crippen molar-refractivity contribution >= 4 is 15.9 Å². The van der Waals surface area contributed by atoms with Gasteiger partial charge in [-0.2, -0.15) is 4.31 Å². The van der Waals surface area contributed by atoms with Crippen molar-refractivity contribution < 1.29 is 22.3 Å². The molecule has 0 heterocycles. The van der Waals surface area contributed by atoms with Crippen molar-refractivity contribution in [3.63, 3.8) is 0 Å². The lowest BCUT2D eigenvalue weighted by Gasteiger charge is -2.17. The number of hydrogen-bond donors (Lipinski definition) is 1. The molecule has 1 amide bonds. The Hall–Kier alpha value is -2.45. The highest BCUT2D eigenvalue weighted by atomic mass is 32.2. The van der Waals surface area contributed by atoms with E-state index in [1.54, 1.807) is 7.11 Å². The number of carbonyl (C=O) groups excluding carboxylic acids is 1. The molecule has 0 aliphatic heterocycles. The third-order valence-corrected chi connectivity index (χ3v) is 5.86. The highest BCUT2D eigenvalue weighted by Gasteiger charge is 2.22. The first kappa shape index (κ1) is 20.9. The number of sulfonamides is 1. The van der Waals surface area contributed by atoms with E-state index in [2.05, 4.69) is 5.32 Å². The summed E-state index contributed by atoms with van der Waals surface area (Å²) < 4.78 is 44.0. The SMILES string of the molecule is COc1ccc(C)cc1CCNC(=O)CN(C)S(=O)(=O)c1ccc(F)cc1. The van der Waals surface area contributed by atoms with Crippen LogP contribution in [0.3, 0.4) is 0 Å². The van der Waals surface area contributed by atoms with E-state index in [9.17, 15) is 17.6 Å². The lowest BCUT2D eigenvalue weighted by molar-refractivity contribution is -0.121. The monoisotopic (exact) mass is 394 g/mol. The quantitative estimate of drug-likeness (QED) is 0.744. The molecule has 0 saturated carbocycles. The van der Waals surface area contributed by atoms with Crippen LogP contribution in [0.25, 0.3) is 0 Å². The van der Waals surface area contributed by atoms with Crippen LogP contribution >= 0.6 is 0 Å². The third kappa shape index (κ3) is 5.51. The third-order valence-electron chi connectivity index (χ3n) is 4.04. The zero-order chi connectivity index (χ0) is 20.0. The molecule has 0 radical (unpaired) electrons. The van der Waals surface area contributed by atoms with Crippen LogP contribution in [0.15, 0.2) is 47.4 Å². The molecule has 0 fully saturated rings. The first-order chi connectivity index (χ1) is 12.7. The van der Waals surface area contributed by atoms with Gasteiger partial charge in [0.05, 0.1) is 18.6 Å². The lowest BCUT2D eigenvalue weighted by atomic mass is 10.1. The van der Waals surface area contributed by atoms with Gasteiger partial charge in [0.1, 0.15) is 11.6 Å². The summed E-state index contributed by atoms with van der Waals surface area (Å²) in [5.41, 5.74) is 2.05. The molecule has 27 heavy (non-hydrogen) atoms. The van der Waals surface area contributed by atoms with Gasteiger partial charge in [-0.05, 0) is 49.2 Å². The topological polar surface area (TPSA) is 75.7 Å². The second kappa shape index (κ2) is 8.96. The Bertz CT molecular complexity index is 898. The van der Waals surface area contributed by atoms with Crippen molar-refractivity contribution in [2.45, 2.75) is 18.2 Å². The number of nitrogens with one attached hydrogen (secondary N) is 1. The van der Waals surface area contributed by atoms with E-state index < -0.39 is 21.7 Å². The molecule has 6 nitrogen and oxygen atoms in total. The van der Waals surface area contributed by atoms with Crippen LogP contribution in [-0.4, -0.2) is 45.9 Å². The number of methoxy groups -OCH3 is 1. The number of hydrogen-bond acceptors (Lipinski definition) is 4. The Kier molecular flexibility index (Phi) is 6.92. The van der Waals surface area contributed by atoms with E-state index in [1.165, 1.54) is 19.2 Å². The predicted molar refractivity (Wildman–Crippen MR) is 101 cm³/mol. The second-order valence-corrected chi connectivity index (χ2v) is 8.18. The number of halogens is 1. The zero-order valence-electron chi connectivity index (χ0n) is 15.5. The minimum Gasteiger partial charge on any atom is -0.496 e. The van der Waals surface area contributed by atoms with Crippen LogP contribution in [0.2, 0.25) is 0 Å². The normalized spacial score (nSPS) is 11.4. The van der Waals surface area contributed by atoms with Gasteiger partial charge >= 0.3 is 0 Å². The first-order valence-electron chi connectivity index (χ1n) is 8.36. The highest BCUT2D eigenvalue weighted by Crippen LogP contribution is 2.19. The molecule has 2 aromatic rings. The van der Waals surface area contributed by atoms with Gasteiger partial charge in [0.25, 0.3) is 0 Å². The molecule has 146 valence electrons. The van der Waals surface area contributed by atoms with E-state index in [0.29, 0.717) is 13.0 Å². The standard InChI is InChI=1S/C19H23FN2O4S/c1-14-4-9-18(26-3)15(12-14)10-11-21-19(23)13-22(2)27(24,25)17-7-5-16(20)6-8-17/h4-9,12H,10-11,13H2,1-3H3,(H,21,23). The molecule has 0 bridgehead atoms. The van der Waals surface area contributed by atoms with Crippen LogP contribution in [0, 0.1) is 12.7 Å². The number of aryl methyl sites for hydroxylation is 1. The molecule has 0 aromatic heterocycles. The van der Waals surface area contributed by atoms with Crippen LogP contribution in [0.4, 0.5) is 4.39 Å². The summed E-state index contributed by atoms with van der Waals surface area (Å²) in [5, 5.41) is 2.70. The average molecular weight is 394 g/mol.